The van der Waals surface area contributed by atoms with Crippen LogP contribution in [-0.4, -0.2) is 0 Å². The highest BCUT2D eigenvalue weighted by Gasteiger charge is 2.01. The summed E-state index contributed by atoms with van der Waals surface area (Å²) in [5.41, 5.74) is 6.86. The van der Waals surface area contributed by atoms with E-state index in [1.807, 2.05) is 0 Å². The molecule has 0 unspecified atom stereocenters. The van der Waals surface area contributed by atoms with Gasteiger partial charge < -0.3 is 5.73 Å². The zero-order chi connectivity index (χ0) is 9.97. The Labute approximate surface area is 101 Å². The van der Waals surface area contributed by atoms with Crippen molar-refractivity contribution in [2.45, 2.75) is 6.54 Å². The van der Waals surface area contributed by atoms with Gasteiger partial charge in [0.1, 0.15) is 0 Å². The van der Waals surface area contributed by atoms with Crippen molar-refractivity contribution in [1.29, 1.82) is 0 Å². The second-order valence-corrected chi connectivity index (χ2v) is 5.39. The number of hydrogen-bond acceptors (Lipinski definition) is 2. The van der Waals surface area contributed by atoms with E-state index in [4.69, 9.17) is 5.73 Å². The monoisotopic (exact) mass is 315 g/mol. The Bertz CT molecular complexity index is 436. The van der Waals surface area contributed by atoms with Gasteiger partial charge in [0.25, 0.3) is 0 Å². The lowest BCUT2D eigenvalue weighted by Crippen LogP contribution is -1.90. The molecule has 2 aromatic rings. The maximum Gasteiger partial charge on any atom is 0.0346 e. The summed E-state index contributed by atoms with van der Waals surface area (Å²) < 4.78 is 1.27. The average molecular weight is 315 g/mol. The lowest BCUT2D eigenvalue weighted by Gasteiger charge is -1.97. The molecule has 0 aliphatic rings. The minimum Gasteiger partial charge on any atom is -0.326 e. The molecule has 0 spiro atoms. The van der Waals surface area contributed by atoms with Crippen LogP contribution in [0.5, 0.6) is 0 Å². The van der Waals surface area contributed by atoms with Gasteiger partial charge in [-0.3, -0.25) is 0 Å². The first-order valence-corrected chi connectivity index (χ1v) is 6.24. The number of halogens is 1. The molecule has 2 rings (SSSR count). The summed E-state index contributed by atoms with van der Waals surface area (Å²) in [6.07, 6.45) is 0. The molecule has 1 aromatic heterocycles. The molecular weight excluding hydrogens is 305 g/mol. The smallest absolute Gasteiger partial charge is 0.0346 e. The zero-order valence-electron chi connectivity index (χ0n) is 7.53. The summed E-state index contributed by atoms with van der Waals surface area (Å²) in [4.78, 5) is 2.53. The van der Waals surface area contributed by atoms with Crippen LogP contribution in [0.15, 0.2) is 36.4 Å². The molecule has 14 heavy (non-hydrogen) atoms. The molecule has 0 bridgehead atoms. The summed E-state index contributed by atoms with van der Waals surface area (Å²) in [6.45, 7) is 0.634. The van der Waals surface area contributed by atoms with Crippen LogP contribution in [0.3, 0.4) is 0 Å². The second kappa shape index (κ2) is 4.42. The molecule has 2 N–H and O–H groups in total. The van der Waals surface area contributed by atoms with Gasteiger partial charge in [-0.1, -0.05) is 12.1 Å². The Balaban J connectivity index is 2.39. The molecule has 0 radical (unpaired) electrons. The standard InChI is InChI=1S/C11H10INS/c12-9-3-1-2-8(6-9)11-5-4-10(7-13)14-11/h1-6H,7,13H2. The van der Waals surface area contributed by atoms with Gasteiger partial charge in [0, 0.05) is 19.9 Å². The van der Waals surface area contributed by atoms with Crippen molar-refractivity contribution in [3.8, 4) is 10.4 Å². The molecule has 0 aliphatic carbocycles. The largest absolute Gasteiger partial charge is 0.326 e. The lowest BCUT2D eigenvalue weighted by molar-refractivity contribution is 1.11. The highest BCUT2D eigenvalue weighted by molar-refractivity contribution is 14.1. The van der Waals surface area contributed by atoms with Crippen LogP contribution in [0, 0.1) is 3.57 Å². The van der Waals surface area contributed by atoms with Crippen LogP contribution in [0.4, 0.5) is 0 Å². The van der Waals surface area contributed by atoms with E-state index >= 15 is 0 Å². The van der Waals surface area contributed by atoms with Crippen LogP contribution < -0.4 is 5.73 Å². The minimum absolute atomic E-state index is 0.634. The number of rotatable bonds is 2. The van der Waals surface area contributed by atoms with Gasteiger partial charge in [-0.15, -0.1) is 11.3 Å². The maximum atomic E-state index is 5.58. The van der Waals surface area contributed by atoms with Crippen molar-refractivity contribution >= 4 is 33.9 Å². The van der Waals surface area contributed by atoms with Crippen LogP contribution >= 0.6 is 33.9 Å². The molecule has 0 saturated carbocycles. The van der Waals surface area contributed by atoms with E-state index in [-0.39, 0.29) is 0 Å². The zero-order valence-corrected chi connectivity index (χ0v) is 10.5. The Morgan fingerprint density at radius 1 is 1.21 bits per heavy atom. The van der Waals surface area contributed by atoms with Crippen molar-refractivity contribution < 1.29 is 0 Å². The third-order valence-electron chi connectivity index (χ3n) is 1.97. The van der Waals surface area contributed by atoms with E-state index < -0.39 is 0 Å². The van der Waals surface area contributed by atoms with E-state index in [0.29, 0.717) is 6.54 Å². The van der Waals surface area contributed by atoms with Crippen LogP contribution in [-0.2, 0) is 6.54 Å². The maximum absolute atomic E-state index is 5.58. The Hall–Kier alpha value is -0.390. The second-order valence-electron chi connectivity index (χ2n) is 2.98. The van der Waals surface area contributed by atoms with Gasteiger partial charge in [0.15, 0.2) is 0 Å². The third-order valence-corrected chi connectivity index (χ3v) is 3.80. The molecule has 1 aromatic carbocycles. The van der Waals surface area contributed by atoms with Gasteiger partial charge in [-0.25, -0.2) is 0 Å². The SMILES string of the molecule is NCc1ccc(-c2cccc(I)c2)s1. The summed E-state index contributed by atoms with van der Waals surface area (Å²) in [5, 5.41) is 0. The van der Waals surface area contributed by atoms with E-state index in [9.17, 15) is 0 Å². The molecule has 1 heterocycles. The molecule has 0 saturated heterocycles. The van der Waals surface area contributed by atoms with Gasteiger partial charge >= 0.3 is 0 Å². The molecular formula is C11H10INS. The van der Waals surface area contributed by atoms with E-state index in [1.54, 1.807) is 11.3 Å². The first-order chi connectivity index (χ1) is 6.79. The highest BCUT2D eigenvalue weighted by atomic mass is 127. The molecule has 0 aliphatic heterocycles. The summed E-state index contributed by atoms with van der Waals surface area (Å²) in [7, 11) is 0. The number of hydrogen-bond donors (Lipinski definition) is 1. The Morgan fingerprint density at radius 3 is 2.71 bits per heavy atom. The Kier molecular flexibility index (Phi) is 3.20. The predicted octanol–water partition coefficient (Wildman–Crippen LogP) is 3.48. The topological polar surface area (TPSA) is 26.0 Å². The first-order valence-electron chi connectivity index (χ1n) is 4.34. The van der Waals surface area contributed by atoms with E-state index in [1.165, 1.54) is 18.9 Å². The molecule has 0 fully saturated rings. The lowest BCUT2D eigenvalue weighted by atomic mass is 10.2. The predicted molar refractivity (Wildman–Crippen MR) is 70.4 cm³/mol. The van der Waals surface area contributed by atoms with Crippen molar-refractivity contribution in [2.24, 2.45) is 5.73 Å². The van der Waals surface area contributed by atoms with Crippen molar-refractivity contribution in [3.05, 3.63) is 44.8 Å². The molecule has 3 heteroatoms. The van der Waals surface area contributed by atoms with E-state index in [0.717, 1.165) is 0 Å². The molecule has 0 amide bonds. The van der Waals surface area contributed by atoms with E-state index in [2.05, 4.69) is 59.0 Å². The average Bonchev–Trinajstić information content (AvgIpc) is 2.66. The summed E-state index contributed by atoms with van der Waals surface area (Å²) >= 11 is 4.09. The van der Waals surface area contributed by atoms with Crippen molar-refractivity contribution in [2.75, 3.05) is 0 Å². The summed E-state index contributed by atoms with van der Waals surface area (Å²) in [6, 6.07) is 12.7. The fraction of sp³-hybridized carbons (Fsp3) is 0.0909. The molecule has 72 valence electrons. The van der Waals surface area contributed by atoms with Crippen molar-refractivity contribution in [3.63, 3.8) is 0 Å². The minimum atomic E-state index is 0.634. The number of nitrogens with two attached hydrogens (primary N) is 1. The molecule has 0 atom stereocenters. The van der Waals surface area contributed by atoms with Gasteiger partial charge in [-0.2, -0.15) is 0 Å². The van der Waals surface area contributed by atoms with Gasteiger partial charge in [-0.05, 0) is 52.4 Å². The summed E-state index contributed by atoms with van der Waals surface area (Å²) in [5.74, 6) is 0. The third kappa shape index (κ3) is 2.16. The Morgan fingerprint density at radius 2 is 2.07 bits per heavy atom. The van der Waals surface area contributed by atoms with Crippen LogP contribution in [0.2, 0.25) is 0 Å². The highest BCUT2D eigenvalue weighted by Crippen LogP contribution is 2.28. The van der Waals surface area contributed by atoms with Crippen LogP contribution in [0.1, 0.15) is 4.88 Å². The fourth-order valence-electron chi connectivity index (χ4n) is 1.28. The van der Waals surface area contributed by atoms with Gasteiger partial charge in [0.05, 0.1) is 0 Å². The van der Waals surface area contributed by atoms with Gasteiger partial charge in [0.2, 0.25) is 0 Å². The fourth-order valence-corrected chi connectivity index (χ4v) is 2.71. The first kappa shape index (κ1) is 10.1. The van der Waals surface area contributed by atoms with Crippen molar-refractivity contribution in [1.82, 2.24) is 0 Å². The van der Waals surface area contributed by atoms with Crippen LogP contribution in [0.25, 0.3) is 10.4 Å². The quantitative estimate of drug-likeness (QED) is 0.844. The number of thiophene rings is 1. The molecule has 1 nitrogen and oxygen atoms in total. The number of benzene rings is 1. The normalized spacial score (nSPS) is 10.4.